The van der Waals surface area contributed by atoms with Gasteiger partial charge in [-0.3, -0.25) is 14.2 Å². The van der Waals surface area contributed by atoms with Crippen molar-refractivity contribution in [2.45, 2.75) is 65.1 Å². The second-order valence-electron chi connectivity index (χ2n) is 10.4. The Labute approximate surface area is 218 Å². The number of hydrogen-bond acceptors (Lipinski definition) is 6. The summed E-state index contributed by atoms with van der Waals surface area (Å²) in [7, 11) is 0. The Bertz CT molecular complexity index is 1310. The molecular formula is C29H37N5O3. The third kappa shape index (κ3) is 6.57. The van der Waals surface area contributed by atoms with E-state index in [2.05, 4.69) is 34.8 Å². The Balaban J connectivity index is 1.58. The first-order chi connectivity index (χ1) is 17.7. The van der Waals surface area contributed by atoms with Crippen molar-refractivity contribution in [3.05, 3.63) is 81.9 Å². The second kappa shape index (κ2) is 11.2. The zero-order valence-corrected chi connectivity index (χ0v) is 22.3. The molecule has 1 amide bonds. The van der Waals surface area contributed by atoms with Crippen molar-refractivity contribution in [3.63, 3.8) is 0 Å². The predicted octanol–water partition coefficient (Wildman–Crippen LogP) is 4.16. The monoisotopic (exact) mass is 503 g/mol. The van der Waals surface area contributed by atoms with Crippen LogP contribution >= 0.6 is 0 Å². The van der Waals surface area contributed by atoms with Crippen molar-refractivity contribution in [2.24, 2.45) is 0 Å². The quantitative estimate of drug-likeness (QED) is 0.340. The van der Waals surface area contributed by atoms with E-state index in [0.717, 1.165) is 36.3 Å². The van der Waals surface area contributed by atoms with Crippen molar-refractivity contribution >= 4 is 11.7 Å². The van der Waals surface area contributed by atoms with E-state index in [9.17, 15) is 9.59 Å². The molecule has 1 aromatic heterocycles. The number of nitrogens with zero attached hydrogens (tertiary/aromatic N) is 2. The van der Waals surface area contributed by atoms with Crippen LogP contribution in [0.2, 0.25) is 0 Å². The standard InChI is InChI=1S/C29H37N5O3/c1-19(2)30-15-17-37-25-9-7-6-8-23(25)29(4,5)33-26-28(36)34(16-14-31-26)24-18-21(11-10-20(24)3)27(35)32-22-12-13-22/h6-11,14,16,18-19,22,30H,12-13,15,17H2,1-5H3,(H,31,33)(H,32,35). The van der Waals surface area contributed by atoms with Crippen LogP contribution in [0.1, 0.15) is 62.0 Å². The fraction of sp³-hybridized carbons (Fsp3) is 0.414. The number of para-hydroxylation sites is 1. The maximum absolute atomic E-state index is 13.6. The molecule has 0 unspecified atom stereocenters. The lowest BCUT2D eigenvalue weighted by atomic mass is 9.93. The summed E-state index contributed by atoms with van der Waals surface area (Å²) in [6, 6.07) is 13.9. The molecule has 0 atom stereocenters. The molecule has 3 aromatic rings. The number of carbonyl (C=O) groups excluding carboxylic acids is 1. The number of ether oxygens (including phenoxy) is 1. The Kier molecular flexibility index (Phi) is 7.97. The SMILES string of the molecule is Cc1ccc(C(=O)NC2CC2)cc1-n1ccnc(NC(C)(C)c2ccccc2OCCNC(C)C)c1=O. The van der Waals surface area contributed by atoms with Gasteiger partial charge in [0.2, 0.25) is 0 Å². The maximum Gasteiger partial charge on any atom is 0.297 e. The van der Waals surface area contributed by atoms with Crippen LogP contribution in [0, 0.1) is 6.92 Å². The number of carbonyl (C=O) groups is 1. The highest BCUT2D eigenvalue weighted by molar-refractivity contribution is 5.95. The van der Waals surface area contributed by atoms with Gasteiger partial charge >= 0.3 is 0 Å². The molecule has 0 saturated heterocycles. The molecule has 1 aliphatic rings. The van der Waals surface area contributed by atoms with Gasteiger partial charge in [0.1, 0.15) is 12.4 Å². The van der Waals surface area contributed by atoms with Gasteiger partial charge in [0.15, 0.2) is 5.82 Å². The zero-order chi connectivity index (χ0) is 26.6. The molecule has 0 bridgehead atoms. The van der Waals surface area contributed by atoms with E-state index in [1.807, 2.05) is 51.1 Å². The van der Waals surface area contributed by atoms with E-state index < -0.39 is 5.54 Å². The Morgan fingerprint density at radius 1 is 1.19 bits per heavy atom. The number of rotatable bonds is 11. The molecule has 4 rings (SSSR count). The molecular weight excluding hydrogens is 466 g/mol. The summed E-state index contributed by atoms with van der Waals surface area (Å²) in [4.78, 5) is 30.5. The summed E-state index contributed by atoms with van der Waals surface area (Å²) < 4.78 is 7.61. The van der Waals surface area contributed by atoms with Gasteiger partial charge < -0.3 is 20.7 Å². The van der Waals surface area contributed by atoms with E-state index in [0.29, 0.717) is 23.9 Å². The van der Waals surface area contributed by atoms with Crippen molar-refractivity contribution in [1.82, 2.24) is 20.2 Å². The molecule has 8 nitrogen and oxygen atoms in total. The van der Waals surface area contributed by atoms with Gasteiger partial charge in [-0.2, -0.15) is 0 Å². The summed E-state index contributed by atoms with van der Waals surface area (Å²) in [6.45, 7) is 11.4. The largest absolute Gasteiger partial charge is 0.492 e. The Hall–Kier alpha value is -3.65. The van der Waals surface area contributed by atoms with E-state index in [4.69, 9.17) is 4.74 Å². The number of benzene rings is 2. The molecule has 0 spiro atoms. The number of aromatic nitrogens is 2. The highest BCUT2D eigenvalue weighted by atomic mass is 16.5. The molecule has 196 valence electrons. The summed E-state index contributed by atoms with van der Waals surface area (Å²) in [5, 5.41) is 9.69. The number of hydrogen-bond donors (Lipinski definition) is 3. The summed E-state index contributed by atoms with van der Waals surface area (Å²) in [6.07, 6.45) is 5.25. The number of aryl methyl sites for hydroxylation is 1. The van der Waals surface area contributed by atoms with Crippen LogP contribution in [0.4, 0.5) is 5.82 Å². The van der Waals surface area contributed by atoms with Crippen molar-refractivity contribution < 1.29 is 9.53 Å². The van der Waals surface area contributed by atoms with E-state index in [1.54, 1.807) is 24.5 Å². The minimum Gasteiger partial charge on any atom is -0.492 e. The molecule has 1 aliphatic carbocycles. The van der Waals surface area contributed by atoms with E-state index in [1.165, 1.54) is 4.57 Å². The molecule has 1 heterocycles. The van der Waals surface area contributed by atoms with Crippen LogP contribution < -0.4 is 26.2 Å². The zero-order valence-electron chi connectivity index (χ0n) is 22.3. The smallest absolute Gasteiger partial charge is 0.297 e. The van der Waals surface area contributed by atoms with E-state index in [-0.39, 0.29) is 23.3 Å². The average molecular weight is 504 g/mol. The first-order valence-corrected chi connectivity index (χ1v) is 12.9. The van der Waals surface area contributed by atoms with Crippen molar-refractivity contribution in [1.29, 1.82) is 0 Å². The molecule has 37 heavy (non-hydrogen) atoms. The predicted molar refractivity (Wildman–Crippen MR) is 147 cm³/mol. The Morgan fingerprint density at radius 3 is 2.68 bits per heavy atom. The lowest BCUT2D eigenvalue weighted by molar-refractivity contribution is 0.0951. The number of anilines is 1. The highest BCUT2D eigenvalue weighted by Crippen LogP contribution is 2.32. The minimum atomic E-state index is -0.644. The fourth-order valence-corrected chi connectivity index (χ4v) is 4.17. The first-order valence-electron chi connectivity index (χ1n) is 12.9. The highest BCUT2D eigenvalue weighted by Gasteiger charge is 2.27. The summed E-state index contributed by atoms with van der Waals surface area (Å²) in [5.41, 5.74) is 2.05. The molecule has 2 aromatic carbocycles. The lowest BCUT2D eigenvalue weighted by Crippen LogP contribution is -2.34. The molecule has 0 radical (unpaired) electrons. The van der Waals surface area contributed by atoms with E-state index >= 15 is 0 Å². The third-order valence-electron chi connectivity index (χ3n) is 6.39. The van der Waals surface area contributed by atoms with Gasteiger partial charge in [0.05, 0.1) is 11.2 Å². The maximum atomic E-state index is 13.6. The second-order valence-corrected chi connectivity index (χ2v) is 10.4. The van der Waals surface area contributed by atoms with Crippen LogP contribution in [0.5, 0.6) is 5.75 Å². The van der Waals surface area contributed by atoms with Gasteiger partial charge in [-0.15, -0.1) is 0 Å². The Morgan fingerprint density at radius 2 is 1.95 bits per heavy atom. The fourth-order valence-electron chi connectivity index (χ4n) is 4.17. The normalized spacial score (nSPS) is 13.5. The topological polar surface area (TPSA) is 97.3 Å². The first kappa shape index (κ1) is 26.4. The molecule has 8 heteroatoms. The van der Waals surface area contributed by atoms with Gasteiger partial charge in [-0.05, 0) is 57.4 Å². The van der Waals surface area contributed by atoms with Gasteiger partial charge in [-0.1, -0.05) is 38.1 Å². The van der Waals surface area contributed by atoms with Crippen LogP contribution in [0.15, 0.2) is 59.7 Å². The number of amides is 1. The summed E-state index contributed by atoms with van der Waals surface area (Å²) in [5.74, 6) is 0.855. The lowest BCUT2D eigenvalue weighted by Gasteiger charge is -2.29. The van der Waals surface area contributed by atoms with Gasteiger partial charge in [0.25, 0.3) is 11.5 Å². The van der Waals surface area contributed by atoms with Crippen LogP contribution in [0.3, 0.4) is 0 Å². The van der Waals surface area contributed by atoms with Crippen LogP contribution in [-0.2, 0) is 5.54 Å². The van der Waals surface area contributed by atoms with Gasteiger partial charge in [0, 0.05) is 42.1 Å². The molecule has 3 N–H and O–H groups in total. The van der Waals surface area contributed by atoms with Crippen molar-refractivity contribution in [3.8, 4) is 11.4 Å². The molecule has 0 aliphatic heterocycles. The number of nitrogens with one attached hydrogen (secondary N) is 3. The molecule has 1 fully saturated rings. The minimum absolute atomic E-state index is 0.120. The van der Waals surface area contributed by atoms with Gasteiger partial charge in [-0.25, -0.2) is 4.98 Å². The van der Waals surface area contributed by atoms with Crippen LogP contribution in [-0.4, -0.2) is 40.7 Å². The van der Waals surface area contributed by atoms with Crippen LogP contribution in [0.25, 0.3) is 5.69 Å². The van der Waals surface area contributed by atoms with Crippen molar-refractivity contribution in [2.75, 3.05) is 18.5 Å². The summed E-state index contributed by atoms with van der Waals surface area (Å²) >= 11 is 0. The molecule has 1 saturated carbocycles. The average Bonchev–Trinajstić information content (AvgIpc) is 3.67. The third-order valence-corrected chi connectivity index (χ3v) is 6.39.